The van der Waals surface area contributed by atoms with Crippen molar-refractivity contribution in [3.05, 3.63) is 95.1 Å². The zero-order valence-electron chi connectivity index (χ0n) is 43.2. The van der Waals surface area contributed by atoms with Gasteiger partial charge in [-0.1, -0.05) is 101 Å². The van der Waals surface area contributed by atoms with Crippen LogP contribution in [0.15, 0.2) is 72.8 Å². The lowest BCUT2D eigenvalue weighted by Crippen LogP contribution is -2.44. The number of benzene rings is 4. The molecule has 13 heteroatoms. The van der Waals surface area contributed by atoms with E-state index in [2.05, 4.69) is 101 Å². The Morgan fingerprint density at radius 1 is 0.246 bits per heavy atom. The predicted octanol–water partition coefficient (Wildman–Crippen LogP) is 13.5. The third-order valence-corrected chi connectivity index (χ3v) is 32.8. The average molecular weight is 978 g/mol. The monoisotopic (exact) mass is 977 g/mol. The van der Waals surface area contributed by atoms with E-state index in [1.807, 2.05) is 24.3 Å². The molecule has 0 saturated carbocycles. The normalized spacial score (nSPS) is 12.4. The van der Waals surface area contributed by atoms with Gasteiger partial charge in [-0.3, -0.25) is 0 Å². The van der Waals surface area contributed by atoms with E-state index in [1.54, 1.807) is 56.9 Å². The number of methoxy groups -OCH3 is 8. The van der Waals surface area contributed by atoms with Gasteiger partial charge in [0.25, 0.3) is 0 Å². The van der Waals surface area contributed by atoms with Crippen molar-refractivity contribution >= 4 is 40.4 Å². The molecule has 0 aliphatic heterocycles. The van der Waals surface area contributed by atoms with Gasteiger partial charge >= 0.3 is 0 Å². The zero-order chi connectivity index (χ0) is 48.1. The maximum atomic E-state index is 5.73. The molecule has 4 aromatic rings. The molecule has 0 unspecified atom stereocenters. The fraction of sp³-hybridized carbons (Fsp3) is 0.538. The molecular formula is C52H84O8Si5. The first kappa shape index (κ1) is 54.0. The number of ether oxygens (including phenoxy) is 8. The molecule has 65 heavy (non-hydrogen) atoms. The minimum atomic E-state index is -1.90. The van der Waals surface area contributed by atoms with Gasteiger partial charge in [-0.05, 0) is 95.0 Å². The van der Waals surface area contributed by atoms with Gasteiger partial charge < -0.3 is 37.9 Å². The number of hydrogen-bond acceptors (Lipinski definition) is 8. The summed E-state index contributed by atoms with van der Waals surface area (Å²) < 4.78 is 45.9. The predicted molar refractivity (Wildman–Crippen MR) is 287 cm³/mol. The van der Waals surface area contributed by atoms with E-state index in [9.17, 15) is 0 Å². The van der Waals surface area contributed by atoms with Crippen molar-refractivity contribution in [2.45, 2.75) is 125 Å². The molecule has 0 bridgehead atoms. The second-order valence-electron chi connectivity index (χ2n) is 21.7. The molecule has 0 heterocycles. The molecule has 0 aliphatic rings. The molecule has 0 N–H and O–H groups in total. The van der Waals surface area contributed by atoms with Crippen LogP contribution in [-0.2, 0) is 24.2 Å². The molecule has 4 rings (SSSR count). The van der Waals surface area contributed by atoms with Crippen molar-refractivity contribution in [2.24, 2.45) is 0 Å². The van der Waals surface area contributed by atoms with Crippen LogP contribution in [0, 0.1) is 0 Å². The molecule has 4 aromatic carbocycles. The summed E-state index contributed by atoms with van der Waals surface area (Å²) in [6.07, 6.45) is 0. The Hall–Kier alpha value is -3.64. The van der Waals surface area contributed by atoms with E-state index in [-0.39, 0.29) is 0 Å². The summed E-state index contributed by atoms with van der Waals surface area (Å²) in [5, 5.41) is 0. The Bertz CT molecular complexity index is 1730. The van der Waals surface area contributed by atoms with Crippen LogP contribution in [0.5, 0.6) is 46.0 Å². The molecule has 0 saturated heterocycles. The maximum Gasteiger partial charge on any atom is 0.122 e. The molecule has 0 fully saturated rings. The van der Waals surface area contributed by atoms with E-state index >= 15 is 0 Å². The molecule has 0 aliphatic carbocycles. The molecule has 0 atom stereocenters. The number of hydrogen-bond donors (Lipinski definition) is 0. The third kappa shape index (κ3) is 17.5. The first-order valence-corrected chi connectivity index (χ1v) is 40.0. The highest BCUT2D eigenvalue weighted by Gasteiger charge is 2.40. The van der Waals surface area contributed by atoms with Gasteiger partial charge in [0.2, 0.25) is 0 Å². The molecule has 0 radical (unpaired) electrons. The fourth-order valence-electron chi connectivity index (χ4n) is 9.60. The van der Waals surface area contributed by atoms with Crippen LogP contribution >= 0.6 is 0 Å². The lowest BCUT2D eigenvalue weighted by molar-refractivity contribution is 0.393. The van der Waals surface area contributed by atoms with Crippen LogP contribution in [0.2, 0.25) is 101 Å². The summed E-state index contributed by atoms with van der Waals surface area (Å²) in [6.45, 7) is 21.0. The van der Waals surface area contributed by atoms with Crippen molar-refractivity contribution < 1.29 is 37.9 Å². The molecule has 0 amide bonds. The number of rotatable bonds is 28. The standard InChI is InChI=1S/C52H84O8Si5/c1-53-45-25-41(26-46(33-45)54-2)37-61(9,10)17-21-65(22-18-62(11,12)38-42-27-47(55-3)34-48(28-42)56-4,23-19-63(13,14)39-43-29-49(57-5)35-50(30-43)58-6)24-20-64(15,16)40-44-31-51(59-7)36-52(32-44)60-8/h25-36H,17-24,37-40H2,1-16H3. The summed E-state index contributed by atoms with van der Waals surface area (Å²) in [5.74, 6) is 6.97. The van der Waals surface area contributed by atoms with Crippen LogP contribution in [0.4, 0.5) is 0 Å². The van der Waals surface area contributed by atoms with Gasteiger partial charge in [0, 0.05) is 24.3 Å². The summed E-state index contributed by atoms with van der Waals surface area (Å²) in [7, 11) is 5.22. The maximum absolute atomic E-state index is 5.73. The first-order chi connectivity index (χ1) is 30.6. The molecule has 8 nitrogen and oxygen atoms in total. The molecule has 360 valence electrons. The Balaban J connectivity index is 1.75. The van der Waals surface area contributed by atoms with Gasteiger partial charge in [0.1, 0.15) is 46.0 Å². The smallest absolute Gasteiger partial charge is 0.122 e. The Morgan fingerprint density at radius 3 is 0.538 bits per heavy atom. The van der Waals surface area contributed by atoms with Crippen LogP contribution < -0.4 is 37.9 Å². The van der Waals surface area contributed by atoms with Gasteiger partial charge in [-0.25, -0.2) is 0 Å². The zero-order valence-corrected chi connectivity index (χ0v) is 48.2. The van der Waals surface area contributed by atoms with Crippen molar-refractivity contribution in [1.82, 2.24) is 0 Å². The van der Waals surface area contributed by atoms with E-state index in [0.717, 1.165) is 70.2 Å². The van der Waals surface area contributed by atoms with Gasteiger partial charge in [0.05, 0.1) is 97.2 Å². The quantitative estimate of drug-likeness (QED) is 0.0521. The highest BCUT2D eigenvalue weighted by Crippen LogP contribution is 2.42. The highest BCUT2D eigenvalue weighted by atomic mass is 28.3. The van der Waals surface area contributed by atoms with Gasteiger partial charge in [-0.15, -0.1) is 0 Å². The third-order valence-electron chi connectivity index (χ3n) is 13.7. The van der Waals surface area contributed by atoms with Crippen molar-refractivity contribution in [3.63, 3.8) is 0 Å². The van der Waals surface area contributed by atoms with Crippen molar-refractivity contribution in [2.75, 3.05) is 56.9 Å². The summed E-state index contributed by atoms with van der Waals surface area (Å²) in [6, 6.07) is 41.1. The Kier molecular flexibility index (Phi) is 19.8. The van der Waals surface area contributed by atoms with E-state index < -0.39 is 40.4 Å². The first-order valence-electron chi connectivity index (χ1n) is 23.5. The van der Waals surface area contributed by atoms with E-state index in [4.69, 9.17) is 37.9 Å². The van der Waals surface area contributed by atoms with Crippen LogP contribution in [-0.4, -0.2) is 97.2 Å². The molecule has 0 spiro atoms. The SMILES string of the molecule is COc1cc(C[Si](C)(C)CC[Si](CC[Si](C)(C)Cc2cc(OC)cc(OC)c2)(CC[Si](C)(C)Cc2cc(OC)cc(OC)c2)CC[Si](C)(C)Cc2cc(OC)cc(OC)c2)cc(OC)c1. The van der Waals surface area contributed by atoms with Crippen LogP contribution in [0.25, 0.3) is 0 Å². The highest BCUT2D eigenvalue weighted by molar-refractivity contribution is 6.89. The fourth-order valence-corrected chi connectivity index (χ4v) is 36.4. The van der Waals surface area contributed by atoms with Crippen molar-refractivity contribution in [3.8, 4) is 46.0 Å². The topological polar surface area (TPSA) is 73.8 Å². The molecule has 0 aromatic heterocycles. The van der Waals surface area contributed by atoms with E-state index in [0.29, 0.717) is 0 Å². The second kappa shape index (κ2) is 23.9. The van der Waals surface area contributed by atoms with E-state index in [1.165, 1.54) is 70.6 Å². The minimum absolute atomic E-state index is 0.871. The second-order valence-corrected chi connectivity index (χ2v) is 47.5. The summed E-state index contributed by atoms with van der Waals surface area (Å²) in [5.41, 5.74) is 5.32. The Labute approximate surface area is 399 Å². The van der Waals surface area contributed by atoms with Crippen LogP contribution in [0.3, 0.4) is 0 Å². The lowest BCUT2D eigenvalue weighted by Gasteiger charge is -2.41. The summed E-state index contributed by atoms with van der Waals surface area (Å²) in [4.78, 5) is 0. The van der Waals surface area contributed by atoms with Gasteiger partial charge in [-0.2, -0.15) is 0 Å². The average Bonchev–Trinajstić information content (AvgIpc) is 3.27. The largest absolute Gasteiger partial charge is 0.497 e. The minimum Gasteiger partial charge on any atom is -0.497 e. The lowest BCUT2D eigenvalue weighted by atomic mass is 10.2. The summed E-state index contributed by atoms with van der Waals surface area (Å²) >= 11 is 0. The van der Waals surface area contributed by atoms with Crippen molar-refractivity contribution in [1.29, 1.82) is 0 Å². The molecular weight excluding hydrogens is 893 g/mol. The van der Waals surface area contributed by atoms with Crippen LogP contribution in [0.1, 0.15) is 22.3 Å². The Morgan fingerprint density at radius 2 is 0.400 bits per heavy atom. The van der Waals surface area contributed by atoms with Gasteiger partial charge in [0.15, 0.2) is 0 Å².